The van der Waals surface area contributed by atoms with Gasteiger partial charge in [0.25, 0.3) is 0 Å². The molecule has 2 N–H and O–H groups in total. The monoisotopic (exact) mass is 392 g/mol. The maximum absolute atomic E-state index is 13.2. The maximum Gasteiger partial charge on any atom is 0.408 e. The van der Waals surface area contributed by atoms with Crippen LogP contribution in [0.2, 0.25) is 0 Å². The Labute approximate surface area is 169 Å². The summed E-state index contributed by atoms with van der Waals surface area (Å²) in [7, 11) is 0. The fourth-order valence-electron chi connectivity index (χ4n) is 3.71. The van der Waals surface area contributed by atoms with Gasteiger partial charge in [-0.1, -0.05) is 36.4 Å². The van der Waals surface area contributed by atoms with Crippen molar-refractivity contribution in [3.05, 3.63) is 65.4 Å². The van der Waals surface area contributed by atoms with E-state index in [1.165, 1.54) is 0 Å². The number of nitrogens with zero attached hydrogens (tertiary/aromatic N) is 2. The first-order valence-electron chi connectivity index (χ1n) is 9.74. The largest absolute Gasteiger partial charge is 0.445 e. The first kappa shape index (κ1) is 19.0. The summed E-state index contributed by atoms with van der Waals surface area (Å²) in [5.41, 5.74) is 3.93. The third-order valence-electron chi connectivity index (χ3n) is 5.29. The Bertz CT molecular complexity index is 1030. The molecule has 0 saturated carbocycles. The second-order valence-corrected chi connectivity index (χ2v) is 7.56. The number of H-pyrrole nitrogens is 1. The molecule has 2 amide bonds. The van der Waals surface area contributed by atoms with Crippen LogP contribution >= 0.6 is 0 Å². The number of rotatable bonds is 4. The molecule has 0 spiro atoms. The van der Waals surface area contributed by atoms with Crippen molar-refractivity contribution >= 4 is 22.9 Å². The highest BCUT2D eigenvalue weighted by molar-refractivity contribution is 5.89. The molecule has 150 valence electrons. The van der Waals surface area contributed by atoms with Gasteiger partial charge in [-0.15, -0.1) is 0 Å². The van der Waals surface area contributed by atoms with Crippen molar-refractivity contribution in [1.29, 1.82) is 0 Å². The van der Waals surface area contributed by atoms with Crippen molar-refractivity contribution in [2.24, 2.45) is 0 Å². The van der Waals surface area contributed by atoms with E-state index in [2.05, 4.69) is 15.5 Å². The highest BCUT2D eigenvalue weighted by atomic mass is 16.5. The van der Waals surface area contributed by atoms with Crippen molar-refractivity contribution in [3.63, 3.8) is 0 Å². The van der Waals surface area contributed by atoms with Crippen molar-refractivity contribution in [3.8, 4) is 0 Å². The summed E-state index contributed by atoms with van der Waals surface area (Å²) < 4.78 is 5.33. The van der Waals surface area contributed by atoms with Gasteiger partial charge in [0.1, 0.15) is 12.6 Å². The number of benzene rings is 2. The van der Waals surface area contributed by atoms with Crippen molar-refractivity contribution in [1.82, 2.24) is 20.4 Å². The van der Waals surface area contributed by atoms with Crippen molar-refractivity contribution < 1.29 is 14.3 Å². The number of nitrogens with one attached hydrogen (secondary N) is 2. The number of hydrogen-bond acceptors (Lipinski definition) is 4. The van der Waals surface area contributed by atoms with Gasteiger partial charge in [0.2, 0.25) is 5.91 Å². The van der Waals surface area contributed by atoms with E-state index in [0.717, 1.165) is 27.6 Å². The van der Waals surface area contributed by atoms with Gasteiger partial charge in [-0.05, 0) is 36.6 Å². The minimum atomic E-state index is -0.675. The summed E-state index contributed by atoms with van der Waals surface area (Å²) in [5.74, 6) is -0.107. The number of aromatic amines is 1. The van der Waals surface area contributed by atoms with Gasteiger partial charge >= 0.3 is 6.09 Å². The molecule has 29 heavy (non-hydrogen) atoms. The summed E-state index contributed by atoms with van der Waals surface area (Å²) in [5, 5.41) is 10.9. The smallest absolute Gasteiger partial charge is 0.408 e. The second-order valence-electron chi connectivity index (χ2n) is 7.56. The van der Waals surface area contributed by atoms with Crippen molar-refractivity contribution in [2.45, 2.75) is 45.5 Å². The topological polar surface area (TPSA) is 87.3 Å². The molecule has 0 saturated heterocycles. The van der Waals surface area contributed by atoms with E-state index in [-0.39, 0.29) is 18.6 Å². The molecule has 0 bridgehead atoms. The van der Waals surface area contributed by atoms with E-state index in [1.807, 2.05) is 56.3 Å². The van der Waals surface area contributed by atoms with Gasteiger partial charge in [0.15, 0.2) is 0 Å². The third-order valence-corrected chi connectivity index (χ3v) is 5.29. The van der Waals surface area contributed by atoms with Crippen LogP contribution in [0.1, 0.15) is 30.5 Å². The number of carbonyl (C=O) groups is 2. The molecule has 1 unspecified atom stereocenters. The Morgan fingerprint density at radius 2 is 2.07 bits per heavy atom. The number of amides is 2. The van der Waals surface area contributed by atoms with Gasteiger partial charge in [0, 0.05) is 24.4 Å². The minimum absolute atomic E-state index is 0.000228. The van der Waals surface area contributed by atoms with Crippen molar-refractivity contribution in [2.75, 3.05) is 0 Å². The molecule has 1 aliphatic heterocycles. The van der Waals surface area contributed by atoms with Crippen LogP contribution in [0.3, 0.4) is 0 Å². The van der Waals surface area contributed by atoms with Crippen LogP contribution in [0.4, 0.5) is 4.79 Å². The minimum Gasteiger partial charge on any atom is -0.445 e. The van der Waals surface area contributed by atoms with E-state index in [0.29, 0.717) is 13.0 Å². The maximum atomic E-state index is 13.2. The number of aromatic nitrogens is 2. The number of alkyl carbamates (subject to hydrolysis) is 1. The average molecular weight is 392 g/mol. The van der Waals surface area contributed by atoms with Crippen LogP contribution in [0, 0.1) is 0 Å². The summed E-state index contributed by atoms with van der Waals surface area (Å²) in [6.45, 7) is 4.60. The zero-order valence-electron chi connectivity index (χ0n) is 16.5. The van der Waals surface area contributed by atoms with Crippen LogP contribution < -0.4 is 5.32 Å². The van der Waals surface area contributed by atoms with Crippen LogP contribution in [-0.2, 0) is 29.1 Å². The quantitative estimate of drug-likeness (QED) is 0.714. The number of ether oxygens (including phenoxy) is 1. The highest BCUT2D eigenvalue weighted by Gasteiger charge is 2.33. The Balaban J connectivity index is 1.55. The molecule has 0 aliphatic carbocycles. The Kier molecular flexibility index (Phi) is 5.20. The van der Waals surface area contributed by atoms with Crippen LogP contribution in [0.15, 0.2) is 48.7 Å². The predicted molar refractivity (Wildman–Crippen MR) is 109 cm³/mol. The lowest BCUT2D eigenvalue weighted by Crippen LogP contribution is -2.50. The molecule has 0 radical (unpaired) electrons. The van der Waals surface area contributed by atoms with E-state index >= 15 is 0 Å². The van der Waals surface area contributed by atoms with E-state index < -0.39 is 12.1 Å². The SMILES string of the molecule is CC(C)N1Cc2c(ccc3[nH]ncc23)CC(NC(=O)OCc2ccccc2)C1=O. The van der Waals surface area contributed by atoms with Gasteiger partial charge in [-0.3, -0.25) is 9.89 Å². The average Bonchev–Trinajstić information content (AvgIpc) is 3.14. The zero-order chi connectivity index (χ0) is 20.4. The van der Waals surface area contributed by atoms with Gasteiger partial charge in [0.05, 0.1) is 11.7 Å². The normalized spacial score (nSPS) is 16.6. The van der Waals surface area contributed by atoms with Gasteiger partial charge in [-0.2, -0.15) is 5.10 Å². The second kappa shape index (κ2) is 7.95. The third kappa shape index (κ3) is 3.94. The van der Waals surface area contributed by atoms with Crippen LogP contribution in [-0.4, -0.2) is 39.2 Å². The van der Waals surface area contributed by atoms with Crippen LogP contribution in [0.5, 0.6) is 0 Å². The summed E-state index contributed by atoms with van der Waals surface area (Å²) in [6, 6.07) is 12.7. The Morgan fingerprint density at radius 1 is 1.28 bits per heavy atom. The lowest BCUT2D eigenvalue weighted by atomic mass is 9.99. The van der Waals surface area contributed by atoms with Gasteiger partial charge in [-0.25, -0.2) is 4.79 Å². The van der Waals surface area contributed by atoms with E-state index in [1.54, 1.807) is 11.1 Å². The predicted octanol–water partition coefficient (Wildman–Crippen LogP) is 3.15. The molecule has 1 aromatic heterocycles. The molecule has 4 rings (SSSR count). The molecule has 2 aromatic carbocycles. The molecule has 2 heterocycles. The zero-order valence-corrected chi connectivity index (χ0v) is 16.5. The first-order chi connectivity index (χ1) is 14.0. The van der Waals surface area contributed by atoms with E-state index in [4.69, 9.17) is 4.74 Å². The molecule has 1 aliphatic rings. The van der Waals surface area contributed by atoms with E-state index in [9.17, 15) is 9.59 Å². The fourth-order valence-corrected chi connectivity index (χ4v) is 3.71. The summed E-state index contributed by atoms with van der Waals surface area (Å²) in [6.07, 6.45) is 1.61. The molecule has 7 heteroatoms. The summed E-state index contributed by atoms with van der Waals surface area (Å²) >= 11 is 0. The number of hydrogen-bond donors (Lipinski definition) is 2. The Morgan fingerprint density at radius 3 is 2.83 bits per heavy atom. The molecule has 1 atom stereocenters. The molecule has 7 nitrogen and oxygen atoms in total. The van der Waals surface area contributed by atoms with Gasteiger partial charge < -0.3 is 15.0 Å². The highest BCUT2D eigenvalue weighted by Crippen LogP contribution is 2.27. The van der Waals surface area contributed by atoms with Crippen LogP contribution in [0.25, 0.3) is 10.9 Å². The molecular formula is C22H24N4O3. The molecule has 3 aromatic rings. The fraction of sp³-hybridized carbons (Fsp3) is 0.318. The standard InChI is InChI=1S/C22H24N4O3/c1-14(2)26-12-18-16(8-9-19-17(18)11-23-25-19)10-20(21(26)27)24-22(28)29-13-15-6-4-3-5-7-15/h3-9,11,14,20H,10,12-13H2,1-2H3,(H,23,25)(H,24,28). The lowest BCUT2D eigenvalue weighted by molar-refractivity contribution is -0.135. The first-order valence-corrected chi connectivity index (χ1v) is 9.74. The lowest BCUT2D eigenvalue weighted by Gasteiger charge is -2.28. The summed E-state index contributed by atoms with van der Waals surface area (Å²) in [4.78, 5) is 27.3. The Hall–Kier alpha value is -3.35. The number of fused-ring (bicyclic) bond motifs is 3. The molecular weight excluding hydrogens is 368 g/mol. The number of carbonyl (C=O) groups excluding carboxylic acids is 2. The molecule has 0 fully saturated rings.